The number of rotatable bonds is 3. The summed E-state index contributed by atoms with van der Waals surface area (Å²) >= 11 is 0. The predicted octanol–water partition coefficient (Wildman–Crippen LogP) is 3.66. The maximum absolute atomic E-state index is 13.5. The van der Waals surface area contributed by atoms with Gasteiger partial charge in [0.2, 0.25) is 5.91 Å². The van der Waals surface area contributed by atoms with Gasteiger partial charge in [-0.25, -0.2) is 0 Å². The molecule has 1 aliphatic carbocycles. The third-order valence-corrected chi connectivity index (χ3v) is 6.71. The molecule has 2 aliphatic rings. The number of hydrogen-bond donors (Lipinski definition) is 0. The second kappa shape index (κ2) is 8.36. The van der Waals surface area contributed by atoms with Crippen molar-refractivity contribution in [3.05, 3.63) is 47.8 Å². The van der Waals surface area contributed by atoms with Crippen molar-refractivity contribution >= 4 is 11.8 Å². The molecule has 1 saturated carbocycles. The zero-order chi connectivity index (χ0) is 22.2. The highest BCUT2D eigenvalue weighted by atomic mass is 16.5. The predicted molar refractivity (Wildman–Crippen MR) is 118 cm³/mol. The van der Waals surface area contributed by atoms with Gasteiger partial charge in [-0.15, -0.1) is 0 Å². The van der Waals surface area contributed by atoms with Gasteiger partial charge in [0.15, 0.2) is 0 Å². The average molecular weight is 425 g/mol. The first kappa shape index (κ1) is 21.4. The highest BCUT2D eigenvalue weighted by Crippen LogP contribution is 2.39. The lowest BCUT2D eigenvalue weighted by atomic mass is 9.81. The van der Waals surface area contributed by atoms with Crippen molar-refractivity contribution in [2.75, 3.05) is 13.6 Å². The van der Waals surface area contributed by atoms with Crippen LogP contribution < -0.4 is 4.74 Å². The minimum absolute atomic E-state index is 0.0189. The van der Waals surface area contributed by atoms with Crippen molar-refractivity contribution in [3.8, 4) is 5.75 Å². The van der Waals surface area contributed by atoms with E-state index in [1.54, 1.807) is 13.1 Å². The van der Waals surface area contributed by atoms with Crippen LogP contribution >= 0.6 is 0 Å². The largest absolute Gasteiger partial charge is 0.485 e. The van der Waals surface area contributed by atoms with Crippen molar-refractivity contribution in [1.29, 1.82) is 0 Å². The SMILES string of the molecule is CC(=O)N(C)C1CCC2(CC1)CN(C(=O)c1cnn(C(C)C)c1)Cc1ccccc1O2. The number of carbonyl (C=O) groups excluding carboxylic acids is 2. The van der Waals surface area contributed by atoms with Gasteiger partial charge < -0.3 is 14.5 Å². The molecular weight excluding hydrogens is 392 g/mol. The Balaban J connectivity index is 1.60. The second-order valence-electron chi connectivity index (χ2n) is 9.22. The molecule has 0 unspecified atom stereocenters. The molecule has 7 nitrogen and oxygen atoms in total. The quantitative estimate of drug-likeness (QED) is 0.754. The summed E-state index contributed by atoms with van der Waals surface area (Å²) in [6.07, 6.45) is 6.83. The topological polar surface area (TPSA) is 67.7 Å². The van der Waals surface area contributed by atoms with Crippen molar-refractivity contribution in [2.24, 2.45) is 0 Å². The number of amides is 2. The molecule has 166 valence electrons. The Hall–Kier alpha value is -2.83. The Morgan fingerprint density at radius 2 is 1.94 bits per heavy atom. The van der Waals surface area contributed by atoms with Crippen LogP contribution in [0.2, 0.25) is 0 Å². The molecule has 1 spiro atoms. The number of carbonyl (C=O) groups is 2. The Kier molecular flexibility index (Phi) is 5.77. The van der Waals surface area contributed by atoms with Crippen LogP contribution in [0.15, 0.2) is 36.7 Å². The molecular formula is C24H32N4O3. The van der Waals surface area contributed by atoms with Crippen molar-refractivity contribution in [1.82, 2.24) is 19.6 Å². The first-order valence-electron chi connectivity index (χ1n) is 11.1. The van der Waals surface area contributed by atoms with Gasteiger partial charge in [-0.2, -0.15) is 5.10 Å². The van der Waals surface area contributed by atoms with Crippen molar-refractivity contribution < 1.29 is 14.3 Å². The number of aromatic nitrogens is 2. The lowest BCUT2D eigenvalue weighted by Crippen LogP contribution is -2.52. The van der Waals surface area contributed by atoms with E-state index in [9.17, 15) is 9.59 Å². The van der Waals surface area contributed by atoms with Crippen LogP contribution in [0.5, 0.6) is 5.75 Å². The minimum atomic E-state index is -0.440. The molecule has 0 bridgehead atoms. The van der Waals surface area contributed by atoms with Gasteiger partial charge in [0.05, 0.1) is 18.3 Å². The maximum Gasteiger partial charge on any atom is 0.257 e. The lowest BCUT2D eigenvalue weighted by molar-refractivity contribution is -0.131. The fourth-order valence-corrected chi connectivity index (χ4v) is 4.70. The van der Waals surface area contributed by atoms with Crippen LogP contribution in [0.1, 0.15) is 68.4 Å². The van der Waals surface area contributed by atoms with Crippen LogP contribution in [0.25, 0.3) is 0 Å². The Labute approximate surface area is 184 Å². The molecule has 0 saturated heterocycles. The first-order chi connectivity index (χ1) is 14.8. The second-order valence-corrected chi connectivity index (χ2v) is 9.22. The number of para-hydroxylation sites is 1. The van der Waals surface area contributed by atoms with Crippen LogP contribution in [-0.4, -0.2) is 56.6 Å². The standard InChI is InChI=1S/C24H32N4O3/c1-17(2)28-15-20(13-25-28)23(30)27-14-19-7-5-6-8-22(19)31-24(16-27)11-9-21(10-12-24)26(4)18(3)29/h5-8,13,15,17,21H,9-12,14,16H2,1-4H3. The molecule has 2 aromatic rings. The molecule has 0 atom stereocenters. The zero-order valence-electron chi connectivity index (χ0n) is 18.9. The Bertz CT molecular complexity index is 959. The van der Waals surface area contributed by atoms with Gasteiger partial charge in [0.1, 0.15) is 11.4 Å². The highest BCUT2D eigenvalue weighted by Gasteiger charge is 2.43. The molecule has 4 rings (SSSR count). The fourth-order valence-electron chi connectivity index (χ4n) is 4.70. The van der Waals surface area contributed by atoms with Crippen LogP contribution in [0.3, 0.4) is 0 Å². The molecule has 1 fully saturated rings. The summed E-state index contributed by atoms with van der Waals surface area (Å²) in [5, 5.41) is 4.35. The van der Waals surface area contributed by atoms with E-state index in [1.165, 1.54) is 0 Å². The molecule has 1 aliphatic heterocycles. The summed E-state index contributed by atoms with van der Waals surface area (Å²) in [7, 11) is 1.87. The van der Waals surface area contributed by atoms with E-state index in [1.807, 2.05) is 65.8 Å². The summed E-state index contributed by atoms with van der Waals surface area (Å²) in [4.78, 5) is 29.0. The van der Waals surface area contributed by atoms with E-state index in [4.69, 9.17) is 4.74 Å². The minimum Gasteiger partial charge on any atom is -0.485 e. The van der Waals surface area contributed by atoms with Gasteiger partial charge in [0.25, 0.3) is 5.91 Å². The third kappa shape index (κ3) is 4.31. The zero-order valence-corrected chi connectivity index (χ0v) is 18.9. The molecule has 2 amide bonds. The van der Waals surface area contributed by atoms with Crippen LogP contribution in [-0.2, 0) is 11.3 Å². The van der Waals surface area contributed by atoms with E-state index in [0.717, 1.165) is 37.0 Å². The first-order valence-corrected chi connectivity index (χ1v) is 11.1. The van der Waals surface area contributed by atoms with Crippen LogP contribution in [0, 0.1) is 0 Å². The number of ether oxygens (including phenoxy) is 1. The summed E-state index contributed by atoms with van der Waals surface area (Å²) < 4.78 is 8.43. The van der Waals surface area contributed by atoms with Gasteiger partial charge in [-0.1, -0.05) is 18.2 Å². The summed E-state index contributed by atoms with van der Waals surface area (Å²) in [5.74, 6) is 0.927. The van der Waals surface area contributed by atoms with Gasteiger partial charge in [-0.3, -0.25) is 14.3 Å². The van der Waals surface area contributed by atoms with Crippen LogP contribution in [0.4, 0.5) is 0 Å². The van der Waals surface area contributed by atoms with E-state index in [-0.39, 0.29) is 23.9 Å². The summed E-state index contributed by atoms with van der Waals surface area (Å²) in [6.45, 7) is 6.75. The van der Waals surface area contributed by atoms with E-state index >= 15 is 0 Å². The Morgan fingerprint density at radius 3 is 2.58 bits per heavy atom. The van der Waals surface area contributed by atoms with Gasteiger partial charge in [0, 0.05) is 44.4 Å². The molecule has 0 radical (unpaired) electrons. The van der Waals surface area contributed by atoms with Gasteiger partial charge in [-0.05, 0) is 45.6 Å². The molecule has 0 N–H and O–H groups in total. The van der Waals surface area contributed by atoms with E-state index in [2.05, 4.69) is 5.10 Å². The van der Waals surface area contributed by atoms with Crippen molar-refractivity contribution in [2.45, 2.75) is 70.7 Å². The highest BCUT2D eigenvalue weighted by molar-refractivity contribution is 5.93. The lowest BCUT2D eigenvalue weighted by Gasteiger charge is -2.43. The van der Waals surface area contributed by atoms with Gasteiger partial charge >= 0.3 is 0 Å². The van der Waals surface area contributed by atoms with E-state index < -0.39 is 5.60 Å². The smallest absolute Gasteiger partial charge is 0.257 e. The Morgan fingerprint density at radius 1 is 1.23 bits per heavy atom. The molecule has 1 aromatic heterocycles. The summed E-state index contributed by atoms with van der Waals surface area (Å²) in [5.41, 5.74) is 1.19. The fraction of sp³-hybridized carbons (Fsp3) is 0.542. The summed E-state index contributed by atoms with van der Waals surface area (Å²) in [6, 6.07) is 8.41. The monoisotopic (exact) mass is 424 g/mol. The van der Waals surface area contributed by atoms with Crippen molar-refractivity contribution in [3.63, 3.8) is 0 Å². The number of fused-ring (bicyclic) bond motifs is 1. The number of benzene rings is 1. The third-order valence-electron chi connectivity index (χ3n) is 6.71. The molecule has 31 heavy (non-hydrogen) atoms. The number of nitrogens with zero attached hydrogens (tertiary/aromatic N) is 4. The molecule has 2 heterocycles. The molecule has 1 aromatic carbocycles. The molecule has 7 heteroatoms. The maximum atomic E-state index is 13.5. The van der Waals surface area contributed by atoms with E-state index in [0.29, 0.717) is 18.7 Å². The average Bonchev–Trinajstić information content (AvgIpc) is 3.19. The number of hydrogen-bond acceptors (Lipinski definition) is 4. The normalized spacial score (nSPS) is 23.3.